The number of hydrogen-bond donors (Lipinski definition) is 0. The Labute approximate surface area is 159 Å². The van der Waals surface area contributed by atoms with Gasteiger partial charge in [0, 0.05) is 36.2 Å². The van der Waals surface area contributed by atoms with Crippen LogP contribution in [0.1, 0.15) is 39.5 Å². The number of hydrogen-bond acceptors (Lipinski definition) is 4. The summed E-state index contributed by atoms with van der Waals surface area (Å²) in [5.74, 6) is 3.73. The van der Waals surface area contributed by atoms with Crippen molar-refractivity contribution in [3.8, 4) is 0 Å². The molecule has 2 nitrogen and oxygen atoms in total. The van der Waals surface area contributed by atoms with Crippen LogP contribution in [0.4, 0.5) is 0 Å². The molecule has 1 spiro atoms. The fraction of sp³-hybridized carbons (Fsp3) is 0.667. The lowest BCUT2D eigenvalue weighted by Crippen LogP contribution is -2.60. The van der Waals surface area contributed by atoms with E-state index in [1.165, 1.54) is 35.6 Å². The highest BCUT2D eigenvalue weighted by atomic mass is 32.2. The predicted octanol–water partition coefficient (Wildman–Crippen LogP) is 4.64. The van der Waals surface area contributed by atoms with Crippen molar-refractivity contribution in [1.82, 2.24) is 4.90 Å². The van der Waals surface area contributed by atoms with Gasteiger partial charge in [0.05, 0.1) is 10.00 Å². The first kappa shape index (κ1) is 16.6. The molecule has 3 fully saturated rings. The normalized spacial score (nSPS) is 37.9. The lowest BCUT2D eigenvalue weighted by atomic mass is 9.65. The lowest BCUT2D eigenvalue weighted by molar-refractivity contribution is -0.132. The van der Waals surface area contributed by atoms with Crippen LogP contribution < -0.4 is 0 Å². The van der Waals surface area contributed by atoms with Crippen LogP contribution in [0, 0.1) is 17.3 Å². The van der Waals surface area contributed by atoms with Crippen LogP contribution in [0.2, 0.25) is 0 Å². The summed E-state index contributed by atoms with van der Waals surface area (Å²) >= 11 is 4.09. The summed E-state index contributed by atoms with van der Waals surface area (Å²) in [6.45, 7) is 5.70. The van der Waals surface area contributed by atoms with Gasteiger partial charge in [0.25, 0.3) is 0 Å². The van der Waals surface area contributed by atoms with Gasteiger partial charge in [-0.05, 0) is 42.2 Å². The molecule has 0 aromatic carbocycles. The highest BCUT2D eigenvalue weighted by Crippen LogP contribution is 2.60. The van der Waals surface area contributed by atoms with Crippen molar-refractivity contribution in [2.24, 2.45) is 17.3 Å². The molecule has 5 aliphatic rings. The molecule has 3 aliphatic heterocycles. The lowest BCUT2D eigenvalue weighted by Gasteiger charge is -2.56. The van der Waals surface area contributed by atoms with Gasteiger partial charge in [0.2, 0.25) is 0 Å². The van der Waals surface area contributed by atoms with Crippen LogP contribution in [0.25, 0.3) is 0 Å². The number of nitrogens with zero attached hydrogens (tertiary/aromatic N) is 1. The van der Waals surface area contributed by atoms with Gasteiger partial charge in [-0.3, -0.25) is 4.79 Å². The van der Waals surface area contributed by atoms with Gasteiger partial charge < -0.3 is 4.90 Å². The van der Waals surface area contributed by atoms with E-state index in [9.17, 15) is 4.79 Å². The number of allylic oxidation sites excluding steroid dienone is 4. The topological polar surface area (TPSA) is 20.3 Å². The van der Waals surface area contributed by atoms with E-state index in [4.69, 9.17) is 0 Å². The molecule has 2 aliphatic carbocycles. The first-order valence-electron chi connectivity index (χ1n) is 9.66. The van der Waals surface area contributed by atoms with Crippen molar-refractivity contribution >= 4 is 29.3 Å². The molecule has 1 saturated carbocycles. The summed E-state index contributed by atoms with van der Waals surface area (Å²) in [4.78, 5) is 15.9. The molecule has 25 heavy (non-hydrogen) atoms. The summed E-state index contributed by atoms with van der Waals surface area (Å²) in [7, 11) is 0. The molecule has 3 unspecified atom stereocenters. The summed E-state index contributed by atoms with van der Waals surface area (Å²) < 4.78 is -0.00598. The zero-order valence-corrected chi connectivity index (χ0v) is 16.8. The van der Waals surface area contributed by atoms with E-state index in [0.717, 1.165) is 19.4 Å². The molecule has 0 aromatic rings. The maximum atomic E-state index is 13.3. The number of rotatable bonds is 0. The fourth-order valence-electron chi connectivity index (χ4n) is 5.66. The molecule has 2 saturated heterocycles. The van der Waals surface area contributed by atoms with Crippen molar-refractivity contribution in [3.63, 3.8) is 0 Å². The number of carbonyl (C=O) groups is 1. The zero-order valence-electron chi connectivity index (χ0n) is 15.2. The van der Waals surface area contributed by atoms with E-state index in [1.807, 2.05) is 23.5 Å². The smallest absolute Gasteiger partial charge is 0.141 e. The van der Waals surface area contributed by atoms with Gasteiger partial charge in [0.1, 0.15) is 5.78 Å². The maximum Gasteiger partial charge on any atom is 0.141 e. The Morgan fingerprint density at radius 2 is 2.04 bits per heavy atom. The van der Waals surface area contributed by atoms with Crippen LogP contribution in [-0.2, 0) is 4.79 Å². The third kappa shape index (κ3) is 2.50. The highest BCUT2D eigenvalue weighted by molar-refractivity contribution is 8.21. The minimum atomic E-state index is -0.00598. The second kappa shape index (κ2) is 5.69. The molecule has 0 N–H and O–H groups in total. The Kier molecular flexibility index (Phi) is 3.77. The largest absolute Gasteiger partial charge is 0.368 e. The van der Waals surface area contributed by atoms with Crippen LogP contribution in [0.5, 0.6) is 0 Å². The molecule has 0 radical (unpaired) electrons. The summed E-state index contributed by atoms with van der Waals surface area (Å²) in [5.41, 5.74) is 3.14. The van der Waals surface area contributed by atoms with Gasteiger partial charge in [0.15, 0.2) is 0 Å². The molecular formula is C21H27NOS2. The SMILES string of the molecule is CC1(C)CC(=O)C2C(C1)N1CCC3CC=CC=C3C1=CC21SCCS1. The molecule has 134 valence electrons. The van der Waals surface area contributed by atoms with E-state index in [1.54, 1.807) is 0 Å². The predicted molar refractivity (Wildman–Crippen MR) is 108 cm³/mol. The van der Waals surface area contributed by atoms with Gasteiger partial charge in [-0.15, -0.1) is 23.5 Å². The second-order valence-electron chi connectivity index (χ2n) is 8.97. The van der Waals surface area contributed by atoms with E-state index in [-0.39, 0.29) is 15.4 Å². The van der Waals surface area contributed by atoms with Gasteiger partial charge >= 0.3 is 0 Å². The van der Waals surface area contributed by atoms with Gasteiger partial charge in [-0.2, -0.15) is 0 Å². The van der Waals surface area contributed by atoms with Crippen LogP contribution in [-0.4, -0.2) is 38.9 Å². The van der Waals surface area contributed by atoms with Crippen molar-refractivity contribution < 1.29 is 4.79 Å². The standard InChI is InChI=1S/C21H27NOS2/c1-20(2)11-17-19(18(23)13-20)21(24-9-10-25-21)12-16-15-6-4-3-5-14(15)7-8-22(16)17/h3-4,6,12,14,17,19H,5,7-11,13H2,1-2H3. The Bertz CT molecular complexity index is 699. The van der Waals surface area contributed by atoms with E-state index >= 15 is 0 Å². The molecule has 3 atom stereocenters. The molecule has 4 heteroatoms. The monoisotopic (exact) mass is 373 g/mol. The summed E-state index contributed by atoms with van der Waals surface area (Å²) in [5, 5.41) is 0. The molecule has 0 amide bonds. The van der Waals surface area contributed by atoms with Gasteiger partial charge in [-0.25, -0.2) is 0 Å². The third-order valence-electron chi connectivity index (χ3n) is 6.65. The van der Waals surface area contributed by atoms with Crippen molar-refractivity contribution in [3.05, 3.63) is 35.6 Å². The summed E-state index contributed by atoms with van der Waals surface area (Å²) in [6, 6.07) is 0.391. The molecule has 0 bridgehead atoms. The first-order chi connectivity index (χ1) is 12.0. The molecule has 0 aromatic heterocycles. The Hall–Kier alpha value is -0.610. The highest BCUT2D eigenvalue weighted by Gasteiger charge is 2.58. The number of piperidine rings is 1. The van der Waals surface area contributed by atoms with Crippen molar-refractivity contribution in [2.45, 2.75) is 49.7 Å². The maximum absolute atomic E-state index is 13.3. The van der Waals surface area contributed by atoms with Gasteiger partial charge in [-0.1, -0.05) is 32.1 Å². The number of Topliss-reactive ketones (excluding diaryl/α,β-unsaturated/α-hetero) is 1. The number of carbonyl (C=O) groups excluding carboxylic acids is 1. The van der Waals surface area contributed by atoms with Crippen molar-refractivity contribution in [1.29, 1.82) is 0 Å². The third-order valence-corrected chi connectivity index (χ3v) is 10.1. The minimum absolute atomic E-state index is 0.00598. The molecule has 5 rings (SSSR count). The van der Waals surface area contributed by atoms with E-state index in [2.05, 4.69) is 43.1 Å². The van der Waals surface area contributed by atoms with Crippen LogP contribution in [0.15, 0.2) is 35.6 Å². The first-order valence-corrected chi connectivity index (χ1v) is 11.6. The second-order valence-corrected chi connectivity index (χ2v) is 12.0. The van der Waals surface area contributed by atoms with E-state index in [0.29, 0.717) is 17.7 Å². The van der Waals surface area contributed by atoms with E-state index < -0.39 is 0 Å². The average Bonchev–Trinajstić information content (AvgIpc) is 3.02. The quantitative estimate of drug-likeness (QED) is 0.616. The number of ketones is 1. The Morgan fingerprint density at radius 3 is 2.84 bits per heavy atom. The van der Waals surface area contributed by atoms with Crippen molar-refractivity contribution in [2.75, 3.05) is 18.1 Å². The number of fused-ring (bicyclic) bond motifs is 6. The minimum Gasteiger partial charge on any atom is -0.368 e. The Balaban J connectivity index is 1.65. The van der Waals surface area contributed by atoms with Crippen LogP contribution in [0.3, 0.4) is 0 Å². The Morgan fingerprint density at radius 1 is 1.24 bits per heavy atom. The van der Waals surface area contributed by atoms with Crippen LogP contribution >= 0.6 is 23.5 Å². The fourth-order valence-corrected chi connectivity index (χ4v) is 9.12. The molecular weight excluding hydrogens is 346 g/mol. The molecule has 3 heterocycles. The zero-order chi connectivity index (χ0) is 17.2. The number of thioether (sulfide) groups is 2. The average molecular weight is 374 g/mol. The summed E-state index contributed by atoms with van der Waals surface area (Å²) in [6.07, 6.45) is 13.7.